The maximum atomic E-state index is 14.1. The minimum absolute atomic E-state index is 0.0450. The first-order chi connectivity index (χ1) is 19.7. The van der Waals surface area contributed by atoms with Gasteiger partial charge in [0.1, 0.15) is 18.2 Å². The van der Waals surface area contributed by atoms with Crippen LogP contribution in [0.4, 0.5) is 5.69 Å². The molecule has 2 aromatic carbocycles. The normalized spacial score (nSPS) is 17.4. The maximum Gasteiger partial charge on any atom is 0.326 e. The van der Waals surface area contributed by atoms with Gasteiger partial charge in [0.2, 0.25) is 5.91 Å². The largest absolute Gasteiger partial charge is 0.493 e. The van der Waals surface area contributed by atoms with Crippen molar-refractivity contribution in [2.75, 3.05) is 25.7 Å². The number of carbonyl (C=O) groups is 3. The van der Waals surface area contributed by atoms with Gasteiger partial charge in [0.05, 0.1) is 20.6 Å². The molecule has 0 spiro atoms. The molecule has 0 aromatic heterocycles. The van der Waals surface area contributed by atoms with E-state index in [9.17, 15) is 19.5 Å². The predicted molar refractivity (Wildman–Crippen MR) is 165 cm³/mol. The van der Waals surface area contributed by atoms with Gasteiger partial charge in [-0.05, 0) is 42.0 Å². The summed E-state index contributed by atoms with van der Waals surface area (Å²) in [5, 5.41) is 12.6. The van der Waals surface area contributed by atoms with Gasteiger partial charge in [-0.15, -0.1) is 0 Å². The summed E-state index contributed by atoms with van der Waals surface area (Å²) in [5.41, 5.74) is 1.52. The molecule has 0 radical (unpaired) electrons. The topological polar surface area (TPSA) is 114 Å². The molecule has 10 heteroatoms. The molecule has 0 bridgehead atoms. The van der Waals surface area contributed by atoms with Crippen molar-refractivity contribution in [3.63, 3.8) is 0 Å². The second kappa shape index (κ2) is 15.3. The molecule has 0 saturated heterocycles. The van der Waals surface area contributed by atoms with Crippen LogP contribution in [-0.4, -0.2) is 55.8 Å². The summed E-state index contributed by atoms with van der Waals surface area (Å²) in [6, 6.07) is 9.49. The van der Waals surface area contributed by atoms with Gasteiger partial charge in [-0.2, -0.15) is 0 Å². The second-order valence-corrected chi connectivity index (χ2v) is 12.0. The zero-order valence-corrected chi connectivity index (χ0v) is 26.9. The molecule has 0 fully saturated rings. The van der Waals surface area contributed by atoms with Crippen LogP contribution < -0.4 is 19.7 Å². The van der Waals surface area contributed by atoms with Gasteiger partial charge < -0.3 is 29.5 Å². The van der Waals surface area contributed by atoms with Gasteiger partial charge in [0.25, 0.3) is 5.91 Å². The highest BCUT2D eigenvalue weighted by molar-refractivity contribution is 6.30. The molecule has 0 saturated carbocycles. The number of nitrogens with one attached hydrogen (secondary N) is 1. The van der Waals surface area contributed by atoms with Crippen molar-refractivity contribution in [1.82, 2.24) is 5.32 Å². The number of benzene rings is 2. The Kier molecular flexibility index (Phi) is 12.7. The van der Waals surface area contributed by atoms with E-state index < -0.39 is 36.0 Å². The summed E-state index contributed by atoms with van der Waals surface area (Å²) < 4.78 is 17.7. The van der Waals surface area contributed by atoms with E-state index in [-0.39, 0.29) is 24.2 Å². The number of carbonyl (C=O) groups excluding carboxylic acids is 2. The first kappa shape index (κ1) is 34.9. The fourth-order valence-corrected chi connectivity index (χ4v) is 5.00. The number of amides is 2. The molecule has 0 aliphatic carbocycles. The Morgan fingerprint density at radius 1 is 1.10 bits per heavy atom. The summed E-state index contributed by atoms with van der Waals surface area (Å²) in [7, 11) is 3.04. The Balaban J connectivity index is 0.00000301. The van der Waals surface area contributed by atoms with E-state index in [2.05, 4.69) is 5.32 Å². The molecule has 42 heavy (non-hydrogen) atoms. The standard InChI is InChI=1S/C30H39ClN2O7.C2H6/c1-17(2)13-21(29(36)37)32-25(34)15-24-28(35)33(16-30(3,4)5)22-12-11-18(31)14-20(22)26(40-24)19-9-8-10-23(38-6)27(19)39-7;1-2/h8-12,14,17,21,24,26H,13,15-16H2,1-7H3,(H,32,34)(H,36,37);1-2H3/t21-,24-,26?;/m1./s1. The first-order valence-electron chi connectivity index (χ1n) is 14.2. The summed E-state index contributed by atoms with van der Waals surface area (Å²) in [6.07, 6.45) is -2.19. The van der Waals surface area contributed by atoms with Crippen LogP contribution in [0, 0.1) is 11.3 Å². The zero-order chi connectivity index (χ0) is 31.8. The third kappa shape index (κ3) is 8.85. The molecular weight excluding hydrogens is 560 g/mol. The minimum Gasteiger partial charge on any atom is -0.493 e. The lowest BCUT2D eigenvalue weighted by Crippen LogP contribution is -2.47. The first-order valence-corrected chi connectivity index (χ1v) is 14.6. The highest BCUT2D eigenvalue weighted by atomic mass is 35.5. The lowest BCUT2D eigenvalue weighted by atomic mass is 9.94. The van der Waals surface area contributed by atoms with Crippen LogP contribution in [0.15, 0.2) is 36.4 Å². The van der Waals surface area contributed by atoms with Crippen LogP contribution in [0.3, 0.4) is 0 Å². The van der Waals surface area contributed by atoms with Gasteiger partial charge in [-0.3, -0.25) is 9.59 Å². The monoisotopic (exact) mass is 604 g/mol. The lowest BCUT2D eigenvalue weighted by molar-refractivity contribution is -0.144. The quantitative estimate of drug-likeness (QED) is 0.329. The van der Waals surface area contributed by atoms with Gasteiger partial charge in [0, 0.05) is 28.4 Å². The fraction of sp³-hybridized carbons (Fsp3) is 0.531. The van der Waals surface area contributed by atoms with E-state index >= 15 is 0 Å². The summed E-state index contributed by atoms with van der Waals surface area (Å²) >= 11 is 6.45. The molecule has 2 N–H and O–H groups in total. The van der Waals surface area contributed by atoms with Crippen LogP contribution in [0.1, 0.15) is 78.5 Å². The minimum atomic E-state index is -1.22. The number of halogens is 1. The van der Waals surface area contributed by atoms with Crippen molar-refractivity contribution >= 4 is 35.1 Å². The Labute approximate surface area is 254 Å². The number of nitrogens with zero attached hydrogens (tertiary/aromatic N) is 1. The fourth-order valence-electron chi connectivity index (χ4n) is 4.82. The third-order valence-corrected chi connectivity index (χ3v) is 6.70. The van der Waals surface area contributed by atoms with Crippen molar-refractivity contribution in [3.05, 3.63) is 52.5 Å². The number of anilines is 1. The summed E-state index contributed by atoms with van der Waals surface area (Å²) in [4.78, 5) is 40.6. The predicted octanol–water partition coefficient (Wildman–Crippen LogP) is 6.26. The Morgan fingerprint density at radius 3 is 2.31 bits per heavy atom. The van der Waals surface area contributed by atoms with Gasteiger partial charge in [-0.1, -0.05) is 72.2 Å². The molecule has 2 amide bonds. The number of para-hydroxylation sites is 1. The number of carboxylic acids is 1. The van der Waals surface area contributed by atoms with E-state index in [0.717, 1.165) is 0 Å². The molecule has 232 valence electrons. The van der Waals surface area contributed by atoms with Crippen LogP contribution >= 0.6 is 11.6 Å². The maximum absolute atomic E-state index is 14.1. The van der Waals surface area contributed by atoms with Gasteiger partial charge >= 0.3 is 5.97 Å². The molecule has 1 aliphatic heterocycles. The van der Waals surface area contributed by atoms with Crippen LogP contribution in [0.2, 0.25) is 5.02 Å². The molecule has 1 heterocycles. The van der Waals surface area contributed by atoms with E-state index in [4.69, 9.17) is 25.8 Å². The molecule has 2 aromatic rings. The Morgan fingerprint density at radius 2 is 1.76 bits per heavy atom. The summed E-state index contributed by atoms with van der Waals surface area (Å²) in [6.45, 7) is 14.1. The number of rotatable bonds is 10. The molecule has 9 nitrogen and oxygen atoms in total. The Hall–Kier alpha value is -3.30. The molecule has 3 atom stereocenters. The number of fused-ring (bicyclic) bond motifs is 1. The average molecular weight is 605 g/mol. The molecular formula is C32H45ClN2O7. The van der Waals surface area contributed by atoms with Crippen LogP contribution in [0.25, 0.3) is 0 Å². The number of hydrogen-bond donors (Lipinski definition) is 2. The second-order valence-electron chi connectivity index (χ2n) is 11.6. The van der Waals surface area contributed by atoms with Crippen molar-refractivity contribution < 1.29 is 33.7 Å². The number of hydrogen-bond acceptors (Lipinski definition) is 6. The summed E-state index contributed by atoms with van der Waals surface area (Å²) in [5.74, 6) is -1.20. The average Bonchev–Trinajstić information content (AvgIpc) is 3.02. The van der Waals surface area contributed by atoms with E-state index in [1.165, 1.54) is 14.2 Å². The van der Waals surface area contributed by atoms with Crippen LogP contribution in [-0.2, 0) is 19.1 Å². The zero-order valence-electron chi connectivity index (χ0n) is 26.1. The van der Waals surface area contributed by atoms with E-state index in [0.29, 0.717) is 39.9 Å². The van der Waals surface area contributed by atoms with Crippen molar-refractivity contribution in [2.24, 2.45) is 11.3 Å². The van der Waals surface area contributed by atoms with Crippen LogP contribution in [0.5, 0.6) is 11.5 Å². The number of ether oxygens (including phenoxy) is 3. The third-order valence-electron chi connectivity index (χ3n) is 6.46. The highest BCUT2D eigenvalue weighted by Gasteiger charge is 2.40. The smallest absolute Gasteiger partial charge is 0.326 e. The number of methoxy groups -OCH3 is 2. The number of aliphatic carboxylic acids is 1. The molecule has 1 aliphatic rings. The lowest BCUT2D eigenvalue weighted by Gasteiger charge is -2.31. The van der Waals surface area contributed by atoms with Crippen molar-refractivity contribution in [1.29, 1.82) is 0 Å². The van der Waals surface area contributed by atoms with Crippen molar-refractivity contribution in [2.45, 2.75) is 79.6 Å². The molecule has 3 rings (SSSR count). The van der Waals surface area contributed by atoms with Gasteiger partial charge in [0.15, 0.2) is 11.5 Å². The van der Waals surface area contributed by atoms with E-state index in [1.54, 1.807) is 41.3 Å². The highest BCUT2D eigenvalue weighted by Crippen LogP contribution is 2.45. The number of carboxylic acid groups (broad SMARTS) is 1. The SMILES string of the molecule is CC.COc1cccc(C2O[C@H](CC(=O)N[C@H](CC(C)C)C(=O)O)C(=O)N(CC(C)(C)C)c3ccc(Cl)cc32)c1OC. The van der Waals surface area contributed by atoms with Crippen molar-refractivity contribution in [3.8, 4) is 11.5 Å². The van der Waals surface area contributed by atoms with Gasteiger partial charge in [-0.25, -0.2) is 4.79 Å². The Bertz CT molecular complexity index is 1240. The van der Waals surface area contributed by atoms with E-state index in [1.807, 2.05) is 48.5 Å². The molecule has 1 unspecified atom stereocenters.